The first-order chi connectivity index (χ1) is 12.0. The van der Waals surface area contributed by atoms with E-state index in [9.17, 15) is 8.42 Å². The zero-order valence-corrected chi connectivity index (χ0v) is 14.4. The fourth-order valence-corrected chi connectivity index (χ4v) is 3.76. The summed E-state index contributed by atoms with van der Waals surface area (Å²) in [6, 6.07) is 10.6. The Morgan fingerprint density at radius 2 is 1.88 bits per heavy atom. The molecule has 0 unspecified atom stereocenters. The number of nitrogens with one attached hydrogen (secondary N) is 2. The van der Waals surface area contributed by atoms with Crippen molar-refractivity contribution in [1.82, 2.24) is 9.97 Å². The quantitative estimate of drug-likeness (QED) is 0.743. The summed E-state index contributed by atoms with van der Waals surface area (Å²) < 4.78 is 34.9. The molecule has 7 nitrogen and oxygen atoms in total. The largest absolute Gasteiger partial charge is 0.486 e. The molecular formula is C17H17N3O4S. The lowest BCUT2D eigenvalue weighted by Gasteiger charge is -2.17. The molecular weight excluding hydrogens is 342 g/mol. The fourth-order valence-electron chi connectivity index (χ4n) is 2.82. The van der Waals surface area contributed by atoms with E-state index in [1.807, 2.05) is 18.2 Å². The number of aromatic amines is 1. The zero-order chi connectivity index (χ0) is 17.4. The van der Waals surface area contributed by atoms with Crippen LogP contribution in [0, 0.1) is 0 Å². The number of ether oxygens (including phenoxy) is 2. The van der Waals surface area contributed by atoms with E-state index in [1.54, 1.807) is 18.2 Å². The van der Waals surface area contributed by atoms with Crippen LogP contribution in [-0.2, 0) is 16.4 Å². The molecule has 3 aromatic rings. The molecule has 4 rings (SSSR count). The summed E-state index contributed by atoms with van der Waals surface area (Å²) in [7, 11) is -3.28. The number of imidazole rings is 1. The van der Waals surface area contributed by atoms with Crippen molar-refractivity contribution in [3.8, 4) is 11.5 Å². The molecule has 1 aliphatic rings. The summed E-state index contributed by atoms with van der Waals surface area (Å²) in [5.41, 5.74) is 2.27. The minimum absolute atomic E-state index is 0.316. The van der Waals surface area contributed by atoms with Gasteiger partial charge in [-0.1, -0.05) is 18.2 Å². The van der Waals surface area contributed by atoms with E-state index in [0.717, 1.165) is 11.0 Å². The minimum atomic E-state index is -3.28. The van der Waals surface area contributed by atoms with Gasteiger partial charge in [0.15, 0.2) is 21.3 Å². The van der Waals surface area contributed by atoms with Crippen LogP contribution in [0.25, 0.3) is 11.0 Å². The van der Waals surface area contributed by atoms with Gasteiger partial charge in [0.1, 0.15) is 13.2 Å². The van der Waals surface area contributed by atoms with Gasteiger partial charge in [0.2, 0.25) is 5.95 Å². The summed E-state index contributed by atoms with van der Waals surface area (Å²) in [5, 5.41) is 3.14. The predicted octanol–water partition coefficient (Wildman–Crippen LogP) is 2.35. The van der Waals surface area contributed by atoms with Crippen LogP contribution in [0.2, 0.25) is 0 Å². The van der Waals surface area contributed by atoms with E-state index >= 15 is 0 Å². The van der Waals surface area contributed by atoms with E-state index in [1.165, 1.54) is 6.26 Å². The van der Waals surface area contributed by atoms with Crippen LogP contribution in [0.3, 0.4) is 0 Å². The third-order valence-corrected chi connectivity index (χ3v) is 5.16. The van der Waals surface area contributed by atoms with Gasteiger partial charge in [0, 0.05) is 24.9 Å². The minimum Gasteiger partial charge on any atom is -0.486 e. The maximum absolute atomic E-state index is 11.9. The van der Waals surface area contributed by atoms with Gasteiger partial charge in [-0.3, -0.25) is 0 Å². The second-order valence-electron chi connectivity index (χ2n) is 5.83. The number of benzene rings is 2. The van der Waals surface area contributed by atoms with Crippen molar-refractivity contribution in [2.24, 2.45) is 0 Å². The number of hydrogen-bond donors (Lipinski definition) is 2. The molecule has 0 fully saturated rings. The molecule has 8 heteroatoms. The van der Waals surface area contributed by atoms with E-state index in [2.05, 4.69) is 15.3 Å². The van der Waals surface area contributed by atoms with Crippen LogP contribution < -0.4 is 14.8 Å². The monoisotopic (exact) mass is 359 g/mol. The van der Waals surface area contributed by atoms with Gasteiger partial charge in [-0.2, -0.15) is 0 Å². The predicted molar refractivity (Wildman–Crippen MR) is 94.0 cm³/mol. The van der Waals surface area contributed by atoms with Crippen molar-refractivity contribution in [2.45, 2.75) is 11.4 Å². The molecule has 130 valence electrons. The summed E-state index contributed by atoms with van der Waals surface area (Å²) in [5.74, 6) is 1.93. The van der Waals surface area contributed by atoms with E-state index in [4.69, 9.17) is 9.47 Å². The molecule has 25 heavy (non-hydrogen) atoms. The molecule has 1 aliphatic heterocycles. The normalized spacial score (nSPS) is 13.8. The molecule has 0 radical (unpaired) electrons. The number of aromatic nitrogens is 2. The van der Waals surface area contributed by atoms with Crippen molar-refractivity contribution < 1.29 is 17.9 Å². The Labute approximate surface area is 144 Å². The Morgan fingerprint density at radius 1 is 1.16 bits per heavy atom. The zero-order valence-electron chi connectivity index (χ0n) is 13.6. The number of hydrogen-bond acceptors (Lipinski definition) is 6. The highest BCUT2D eigenvalue weighted by Crippen LogP contribution is 2.34. The summed E-state index contributed by atoms with van der Waals surface area (Å²) in [4.78, 5) is 7.96. The van der Waals surface area contributed by atoms with Crippen molar-refractivity contribution in [2.75, 3.05) is 24.8 Å². The Bertz CT molecular complexity index is 1000. The molecule has 0 saturated heterocycles. The van der Waals surface area contributed by atoms with Gasteiger partial charge in [-0.05, 0) is 11.6 Å². The van der Waals surface area contributed by atoms with Gasteiger partial charge in [0.25, 0.3) is 0 Å². The first-order valence-electron chi connectivity index (χ1n) is 7.82. The maximum Gasteiger partial charge on any atom is 0.201 e. The molecule has 1 aromatic heterocycles. The first kappa shape index (κ1) is 15.8. The average molecular weight is 359 g/mol. The van der Waals surface area contributed by atoms with Crippen LogP contribution in [0.5, 0.6) is 11.5 Å². The molecule has 2 heterocycles. The molecule has 0 saturated carbocycles. The summed E-state index contributed by atoms with van der Waals surface area (Å²) in [6.07, 6.45) is 1.21. The number of nitrogens with zero attached hydrogens (tertiary/aromatic N) is 1. The van der Waals surface area contributed by atoms with Gasteiger partial charge >= 0.3 is 0 Å². The smallest absolute Gasteiger partial charge is 0.201 e. The van der Waals surface area contributed by atoms with Crippen molar-refractivity contribution in [3.63, 3.8) is 0 Å². The van der Waals surface area contributed by atoms with Crippen LogP contribution in [0.15, 0.2) is 41.3 Å². The van der Waals surface area contributed by atoms with Gasteiger partial charge in [-0.25, -0.2) is 13.4 Å². The standard InChI is InChI=1S/C17H17N3O4S/c1-25(21,22)16-5-3-2-4-11(16)10-18-17-19-12-8-14-15(9-13(12)20-17)24-7-6-23-14/h2-5,8-9H,6-7,10H2,1H3,(H2,18,19,20). The molecule has 0 spiro atoms. The van der Waals surface area contributed by atoms with Crippen LogP contribution in [-0.4, -0.2) is 37.9 Å². The number of anilines is 1. The van der Waals surface area contributed by atoms with Crippen LogP contribution in [0.1, 0.15) is 5.56 Å². The van der Waals surface area contributed by atoms with E-state index in [-0.39, 0.29) is 0 Å². The molecule has 0 amide bonds. The fraction of sp³-hybridized carbons (Fsp3) is 0.235. The summed E-state index contributed by atoms with van der Waals surface area (Å²) >= 11 is 0. The van der Waals surface area contributed by atoms with E-state index < -0.39 is 9.84 Å². The van der Waals surface area contributed by atoms with Gasteiger partial charge in [-0.15, -0.1) is 0 Å². The van der Waals surface area contributed by atoms with Crippen LogP contribution >= 0.6 is 0 Å². The average Bonchev–Trinajstić information content (AvgIpc) is 2.99. The SMILES string of the molecule is CS(=O)(=O)c1ccccc1CNc1nc2cc3c(cc2[nH]1)OCCO3. The topological polar surface area (TPSA) is 93.3 Å². The Hall–Kier alpha value is -2.74. The number of rotatable bonds is 4. The molecule has 2 aromatic carbocycles. The van der Waals surface area contributed by atoms with Gasteiger partial charge < -0.3 is 19.8 Å². The molecule has 0 bridgehead atoms. The van der Waals surface area contributed by atoms with E-state index in [0.29, 0.717) is 47.7 Å². The third kappa shape index (κ3) is 3.12. The maximum atomic E-state index is 11.9. The van der Waals surface area contributed by atoms with Crippen molar-refractivity contribution in [1.29, 1.82) is 0 Å². The number of sulfone groups is 1. The Morgan fingerprint density at radius 3 is 2.64 bits per heavy atom. The Balaban J connectivity index is 1.60. The third-order valence-electron chi connectivity index (χ3n) is 3.96. The highest BCUT2D eigenvalue weighted by atomic mass is 32.2. The second-order valence-corrected chi connectivity index (χ2v) is 7.82. The van der Waals surface area contributed by atoms with Gasteiger partial charge in [0.05, 0.1) is 15.9 Å². The lowest BCUT2D eigenvalue weighted by molar-refractivity contribution is 0.172. The van der Waals surface area contributed by atoms with Crippen LogP contribution in [0.4, 0.5) is 5.95 Å². The van der Waals surface area contributed by atoms with Crippen molar-refractivity contribution >= 4 is 26.8 Å². The highest BCUT2D eigenvalue weighted by Gasteiger charge is 2.16. The lowest BCUT2D eigenvalue weighted by Crippen LogP contribution is -2.15. The lowest BCUT2D eigenvalue weighted by atomic mass is 10.2. The molecule has 0 aliphatic carbocycles. The highest BCUT2D eigenvalue weighted by molar-refractivity contribution is 7.90. The second kappa shape index (κ2) is 5.96. The summed E-state index contributed by atoms with van der Waals surface area (Å²) in [6.45, 7) is 1.39. The van der Waals surface area contributed by atoms with Crippen molar-refractivity contribution in [3.05, 3.63) is 42.0 Å². The number of H-pyrrole nitrogens is 1. The first-order valence-corrected chi connectivity index (χ1v) is 9.71. The number of fused-ring (bicyclic) bond motifs is 2. The molecule has 2 N–H and O–H groups in total. The Kier molecular flexibility index (Phi) is 3.76. The molecule has 0 atom stereocenters.